The van der Waals surface area contributed by atoms with Crippen LogP contribution in [-0.4, -0.2) is 24.9 Å². The van der Waals surface area contributed by atoms with Crippen molar-refractivity contribution in [2.45, 2.75) is 6.17 Å². The Bertz CT molecular complexity index is 862. The van der Waals surface area contributed by atoms with E-state index in [9.17, 15) is 4.79 Å². The van der Waals surface area contributed by atoms with E-state index in [1.54, 1.807) is 0 Å². The highest BCUT2D eigenvalue weighted by molar-refractivity contribution is 9.10. The number of carbonyl (C=O) groups is 1. The number of halogens is 1. The smallest absolute Gasteiger partial charge is 0.253 e. The summed E-state index contributed by atoms with van der Waals surface area (Å²) >= 11 is 3.55. The molecular formula is C20H19BrN2O. The maximum Gasteiger partial charge on any atom is 0.253 e. The van der Waals surface area contributed by atoms with Crippen LogP contribution >= 0.6 is 15.9 Å². The highest BCUT2D eigenvalue weighted by Crippen LogP contribution is 2.27. The fourth-order valence-corrected chi connectivity index (χ4v) is 3.29. The maximum absolute atomic E-state index is 12.9. The molecule has 0 aliphatic heterocycles. The molecule has 24 heavy (non-hydrogen) atoms. The summed E-state index contributed by atoms with van der Waals surface area (Å²) in [5, 5.41) is 5.11. The molecule has 0 spiro atoms. The fraction of sp³-hybridized carbons (Fsp3) is 0.150. The molecule has 0 saturated heterocycles. The van der Waals surface area contributed by atoms with E-state index in [1.807, 2.05) is 85.7 Å². The van der Waals surface area contributed by atoms with Gasteiger partial charge in [-0.2, -0.15) is 0 Å². The maximum atomic E-state index is 12.9. The summed E-state index contributed by atoms with van der Waals surface area (Å²) in [7, 11) is 3.91. The average Bonchev–Trinajstić information content (AvgIpc) is 2.60. The predicted octanol–water partition coefficient (Wildman–Crippen LogP) is 4.59. The van der Waals surface area contributed by atoms with E-state index in [-0.39, 0.29) is 12.1 Å². The van der Waals surface area contributed by atoms with Gasteiger partial charge in [-0.3, -0.25) is 9.69 Å². The highest BCUT2D eigenvalue weighted by atomic mass is 79.9. The Labute approximate surface area is 150 Å². The zero-order chi connectivity index (χ0) is 17.1. The van der Waals surface area contributed by atoms with Crippen LogP contribution in [-0.2, 0) is 0 Å². The first-order valence-corrected chi connectivity index (χ1v) is 8.56. The molecule has 0 heterocycles. The minimum Gasteiger partial charge on any atom is -0.332 e. The predicted molar refractivity (Wildman–Crippen MR) is 102 cm³/mol. The highest BCUT2D eigenvalue weighted by Gasteiger charge is 2.19. The second-order valence-corrected chi connectivity index (χ2v) is 6.75. The molecule has 0 radical (unpaired) electrons. The topological polar surface area (TPSA) is 32.3 Å². The molecule has 0 aromatic heterocycles. The monoisotopic (exact) mass is 382 g/mol. The zero-order valence-electron chi connectivity index (χ0n) is 13.7. The van der Waals surface area contributed by atoms with Crippen molar-refractivity contribution in [1.82, 2.24) is 10.2 Å². The number of nitrogens with zero attached hydrogens (tertiary/aromatic N) is 1. The third-order valence-corrected chi connectivity index (χ3v) is 4.71. The molecule has 3 aromatic rings. The van der Waals surface area contributed by atoms with Gasteiger partial charge in [-0.15, -0.1) is 0 Å². The molecule has 1 N–H and O–H groups in total. The minimum atomic E-state index is -0.180. The summed E-state index contributed by atoms with van der Waals surface area (Å²) < 4.78 is 0.988. The second kappa shape index (κ2) is 7.16. The molecule has 1 unspecified atom stereocenters. The van der Waals surface area contributed by atoms with Crippen molar-refractivity contribution < 1.29 is 4.79 Å². The van der Waals surface area contributed by atoms with Crippen LogP contribution in [0.3, 0.4) is 0 Å². The van der Waals surface area contributed by atoms with Gasteiger partial charge in [-0.05, 0) is 42.6 Å². The van der Waals surface area contributed by atoms with Gasteiger partial charge in [0.05, 0.1) is 0 Å². The lowest BCUT2D eigenvalue weighted by molar-refractivity contribution is 0.0891. The summed E-state index contributed by atoms with van der Waals surface area (Å²) in [5.74, 6) is -0.0822. The summed E-state index contributed by atoms with van der Waals surface area (Å²) in [6, 6.07) is 21.7. The summed E-state index contributed by atoms with van der Waals surface area (Å²) in [6.07, 6.45) is -0.180. The number of benzene rings is 3. The third-order valence-electron chi connectivity index (χ3n) is 4.02. The Morgan fingerprint density at radius 3 is 2.21 bits per heavy atom. The average molecular weight is 383 g/mol. The summed E-state index contributed by atoms with van der Waals surface area (Å²) in [6.45, 7) is 0. The number of nitrogens with one attached hydrogen (secondary N) is 1. The molecule has 0 fully saturated rings. The van der Waals surface area contributed by atoms with Crippen LogP contribution in [0.5, 0.6) is 0 Å². The van der Waals surface area contributed by atoms with Gasteiger partial charge in [0, 0.05) is 10.0 Å². The number of hydrogen-bond donors (Lipinski definition) is 1. The zero-order valence-corrected chi connectivity index (χ0v) is 15.2. The number of rotatable bonds is 4. The van der Waals surface area contributed by atoms with Crippen LogP contribution in [0.25, 0.3) is 10.8 Å². The number of fused-ring (bicyclic) bond motifs is 1. The van der Waals surface area contributed by atoms with Gasteiger partial charge in [0.1, 0.15) is 6.17 Å². The van der Waals surface area contributed by atoms with Crippen LogP contribution in [0.4, 0.5) is 0 Å². The summed E-state index contributed by atoms with van der Waals surface area (Å²) in [4.78, 5) is 14.9. The van der Waals surface area contributed by atoms with Crippen molar-refractivity contribution in [2.75, 3.05) is 14.1 Å². The van der Waals surface area contributed by atoms with E-state index in [2.05, 4.69) is 21.2 Å². The van der Waals surface area contributed by atoms with E-state index in [4.69, 9.17) is 0 Å². The first kappa shape index (κ1) is 16.7. The van der Waals surface area contributed by atoms with Crippen molar-refractivity contribution in [1.29, 1.82) is 0 Å². The molecule has 3 rings (SSSR count). The Hall–Kier alpha value is -2.17. The lowest BCUT2D eigenvalue weighted by atomic mass is 10.0. The lowest BCUT2D eigenvalue weighted by Crippen LogP contribution is -2.37. The van der Waals surface area contributed by atoms with Gasteiger partial charge in [0.25, 0.3) is 5.91 Å². The molecule has 0 bridgehead atoms. The first-order valence-electron chi connectivity index (χ1n) is 7.77. The van der Waals surface area contributed by atoms with Crippen molar-refractivity contribution in [3.05, 3.63) is 82.3 Å². The van der Waals surface area contributed by atoms with Gasteiger partial charge < -0.3 is 5.32 Å². The van der Waals surface area contributed by atoms with E-state index >= 15 is 0 Å². The van der Waals surface area contributed by atoms with Crippen LogP contribution in [0.15, 0.2) is 71.2 Å². The fourth-order valence-electron chi connectivity index (χ4n) is 2.81. The Morgan fingerprint density at radius 2 is 1.54 bits per heavy atom. The van der Waals surface area contributed by atoms with E-state index in [0.717, 1.165) is 20.8 Å². The van der Waals surface area contributed by atoms with Gasteiger partial charge in [-0.1, -0.05) is 70.5 Å². The summed E-state index contributed by atoms with van der Waals surface area (Å²) in [5.41, 5.74) is 1.73. The molecule has 1 amide bonds. The van der Waals surface area contributed by atoms with E-state index < -0.39 is 0 Å². The Balaban J connectivity index is 1.96. The Morgan fingerprint density at radius 1 is 0.917 bits per heavy atom. The van der Waals surface area contributed by atoms with Crippen molar-refractivity contribution >= 4 is 32.6 Å². The van der Waals surface area contributed by atoms with E-state index in [1.165, 1.54) is 0 Å². The van der Waals surface area contributed by atoms with Crippen LogP contribution < -0.4 is 5.32 Å². The molecule has 4 heteroatoms. The SMILES string of the molecule is CN(C)C(NC(=O)c1ccc(Br)c2ccccc12)c1ccccc1. The molecule has 3 nitrogen and oxygen atoms in total. The van der Waals surface area contributed by atoms with Crippen molar-refractivity contribution in [2.24, 2.45) is 0 Å². The normalized spacial score (nSPS) is 12.3. The second-order valence-electron chi connectivity index (χ2n) is 5.89. The number of hydrogen-bond acceptors (Lipinski definition) is 2. The lowest BCUT2D eigenvalue weighted by Gasteiger charge is -2.26. The van der Waals surface area contributed by atoms with Crippen molar-refractivity contribution in [3.8, 4) is 0 Å². The quantitative estimate of drug-likeness (QED) is 0.669. The van der Waals surface area contributed by atoms with Crippen LogP contribution in [0.1, 0.15) is 22.1 Å². The first-order chi connectivity index (χ1) is 11.6. The van der Waals surface area contributed by atoms with E-state index in [0.29, 0.717) is 5.56 Å². The molecule has 3 aromatic carbocycles. The number of carbonyl (C=O) groups excluding carboxylic acids is 1. The van der Waals surface area contributed by atoms with Crippen LogP contribution in [0.2, 0.25) is 0 Å². The largest absolute Gasteiger partial charge is 0.332 e. The number of amides is 1. The molecule has 1 atom stereocenters. The van der Waals surface area contributed by atoms with Crippen molar-refractivity contribution in [3.63, 3.8) is 0 Å². The standard InChI is InChI=1S/C20H19BrN2O/c1-23(2)19(14-8-4-3-5-9-14)22-20(24)17-12-13-18(21)16-11-7-6-10-15(16)17/h3-13,19H,1-2H3,(H,22,24). The molecule has 0 aliphatic rings. The molecule has 122 valence electrons. The molecule has 0 aliphatic carbocycles. The molecular weight excluding hydrogens is 364 g/mol. The van der Waals surface area contributed by atoms with Gasteiger partial charge >= 0.3 is 0 Å². The van der Waals surface area contributed by atoms with Crippen LogP contribution in [0, 0.1) is 0 Å². The van der Waals surface area contributed by atoms with Gasteiger partial charge in [-0.25, -0.2) is 0 Å². The van der Waals surface area contributed by atoms with Gasteiger partial charge in [0.15, 0.2) is 0 Å². The Kier molecular flexibility index (Phi) is 4.97. The third kappa shape index (κ3) is 3.35. The molecule has 0 saturated carbocycles. The minimum absolute atomic E-state index is 0.0822. The van der Waals surface area contributed by atoms with Gasteiger partial charge in [0.2, 0.25) is 0 Å².